The Morgan fingerprint density at radius 2 is 1.92 bits per heavy atom. The first-order valence-electron chi connectivity index (χ1n) is 9.12. The first-order valence-corrected chi connectivity index (χ1v) is 9.12. The van der Waals surface area contributed by atoms with Crippen molar-refractivity contribution in [2.24, 2.45) is 12.5 Å². The Labute approximate surface area is 149 Å². The lowest BCUT2D eigenvalue weighted by Crippen LogP contribution is -2.49. The topological polar surface area (TPSA) is 61.7 Å². The summed E-state index contributed by atoms with van der Waals surface area (Å²) in [7, 11) is 3.83. The fourth-order valence-electron chi connectivity index (χ4n) is 3.73. The van der Waals surface area contributed by atoms with Gasteiger partial charge in [-0.05, 0) is 40.2 Å². The van der Waals surface area contributed by atoms with E-state index in [0.29, 0.717) is 25.7 Å². The van der Waals surface area contributed by atoms with E-state index < -0.39 is 0 Å². The second-order valence-corrected chi connectivity index (χ2v) is 7.72. The van der Waals surface area contributed by atoms with Crippen molar-refractivity contribution >= 4 is 17.6 Å². The molecular formula is C18H29N5O2. The number of aryl methyl sites for hydroxylation is 1. The Bertz CT molecular complexity index is 646. The lowest BCUT2D eigenvalue weighted by atomic mass is 9.77. The second-order valence-electron chi connectivity index (χ2n) is 7.72. The van der Waals surface area contributed by atoms with Crippen LogP contribution in [0, 0.1) is 5.41 Å². The fraction of sp³-hybridized carbons (Fsp3) is 0.722. The molecule has 7 heteroatoms. The van der Waals surface area contributed by atoms with Gasteiger partial charge in [-0.15, -0.1) is 0 Å². The van der Waals surface area contributed by atoms with E-state index in [4.69, 9.17) is 0 Å². The Morgan fingerprint density at radius 3 is 2.48 bits per heavy atom. The third-order valence-electron chi connectivity index (χ3n) is 5.83. The molecule has 0 radical (unpaired) electrons. The van der Waals surface area contributed by atoms with Crippen molar-refractivity contribution in [3.8, 4) is 0 Å². The number of aromatic nitrogens is 2. The molecule has 2 saturated heterocycles. The molecule has 2 aliphatic rings. The lowest BCUT2D eigenvalue weighted by Gasteiger charge is -2.38. The average Bonchev–Trinajstić information content (AvgIpc) is 3.13. The summed E-state index contributed by atoms with van der Waals surface area (Å²) in [5, 5.41) is 4.37. The van der Waals surface area contributed by atoms with Crippen LogP contribution in [0.15, 0.2) is 12.3 Å². The maximum Gasteiger partial charge on any atom is 0.236 e. The summed E-state index contributed by atoms with van der Waals surface area (Å²) in [6.45, 7) is 6.68. The number of piperidine rings is 1. The Hall–Kier alpha value is -1.89. The van der Waals surface area contributed by atoms with Crippen LogP contribution >= 0.6 is 0 Å². The zero-order valence-electron chi connectivity index (χ0n) is 15.7. The van der Waals surface area contributed by atoms with Gasteiger partial charge < -0.3 is 4.90 Å². The van der Waals surface area contributed by atoms with E-state index in [0.717, 1.165) is 31.6 Å². The Balaban J connectivity index is 1.60. The minimum atomic E-state index is -0.307. The lowest BCUT2D eigenvalue weighted by molar-refractivity contribution is -0.138. The minimum absolute atomic E-state index is 0.165. The van der Waals surface area contributed by atoms with Gasteiger partial charge in [-0.25, -0.2) is 0 Å². The van der Waals surface area contributed by atoms with Crippen LogP contribution in [0.4, 0.5) is 5.82 Å². The van der Waals surface area contributed by atoms with E-state index >= 15 is 0 Å². The van der Waals surface area contributed by atoms with Crippen LogP contribution in [0.2, 0.25) is 0 Å². The van der Waals surface area contributed by atoms with Crippen molar-refractivity contribution in [3.05, 3.63) is 12.3 Å². The van der Waals surface area contributed by atoms with Gasteiger partial charge in [0.25, 0.3) is 0 Å². The highest BCUT2D eigenvalue weighted by molar-refractivity contribution is 5.99. The van der Waals surface area contributed by atoms with Gasteiger partial charge in [0, 0.05) is 45.0 Å². The van der Waals surface area contributed by atoms with Crippen LogP contribution in [-0.4, -0.2) is 70.7 Å². The molecule has 0 unspecified atom stereocenters. The molecule has 2 amide bonds. The number of hydrogen-bond acceptors (Lipinski definition) is 4. The van der Waals surface area contributed by atoms with E-state index in [9.17, 15) is 9.59 Å². The predicted octanol–water partition coefficient (Wildman–Crippen LogP) is 1.11. The van der Waals surface area contributed by atoms with Crippen LogP contribution in [0.1, 0.15) is 33.1 Å². The number of likely N-dealkylation sites (tertiary alicyclic amines) is 1. The van der Waals surface area contributed by atoms with Gasteiger partial charge in [-0.2, -0.15) is 5.10 Å². The third kappa shape index (κ3) is 3.42. The molecule has 3 rings (SSSR count). The summed E-state index contributed by atoms with van der Waals surface area (Å²) in [6, 6.07) is 2.24. The molecule has 25 heavy (non-hydrogen) atoms. The van der Waals surface area contributed by atoms with Crippen molar-refractivity contribution in [3.63, 3.8) is 0 Å². The SMILES string of the molecule is CC(C)N(C)CC(=O)N1CCC2(CC1)CCN(c1ccn(C)n1)C2=O. The molecule has 1 aromatic rings. The highest BCUT2D eigenvalue weighted by Crippen LogP contribution is 2.42. The molecule has 2 fully saturated rings. The molecule has 0 aromatic carbocycles. The van der Waals surface area contributed by atoms with Gasteiger partial charge >= 0.3 is 0 Å². The number of carbonyl (C=O) groups is 2. The van der Waals surface area contributed by atoms with E-state index in [2.05, 4.69) is 23.8 Å². The average molecular weight is 347 g/mol. The maximum absolute atomic E-state index is 13.0. The van der Waals surface area contributed by atoms with E-state index in [1.54, 1.807) is 4.68 Å². The standard InChI is InChI=1S/C18H29N5O2/c1-14(2)20(3)13-16(24)22-10-6-18(7-11-22)8-12-23(17(18)25)15-5-9-21(4)19-15/h5,9,14H,6-8,10-13H2,1-4H3. The van der Waals surface area contributed by atoms with Crippen molar-refractivity contribution in [2.45, 2.75) is 39.2 Å². The van der Waals surface area contributed by atoms with Gasteiger partial charge in [0.1, 0.15) is 0 Å². The molecule has 0 atom stereocenters. The molecule has 1 aromatic heterocycles. The summed E-state index contributed by atoms with van der Waals surface area (Å²) in [5.41, 5.74) is -0.307. The first-order chi connectivity index (χ1) is 11.8. The molecule has 1 spiro atoms. The van der Waals surface area contributed by atoms with Crippen LogP contribution < -0.4 is 4.90 Å². The van der Waals surface area contributed by atoms with E-state index in [-0.39, 0.29) is 17.2 Å². The van der Waals surface area contributed by atoms with Gasteiger partial charge in [0.2, 0.25) is 11.8 Å². The summed E-state index contributed by atoms with van der Waals surface area (Å²) in [6.07, 6.45) is 4.23. The minimum Gasteiger partial charge on any atom is -0.342 e. The zero-order valence-corrected chi connectivity index (χ0v) is 15.7. The summed E-state index contributed by atoms with van der Waals surface area (Å²) >= 11 is 0. The Kier molecular flexibility index (Phi) is 4.86. The molecule has 0 saturated carbocycles. The molecule has 3 heterocycles. The summed E-state index contributed by atoms with van der Waals surface area (Å²) in [4.78, 5) is 31.2. The normalized spacial score (nSPS) is 20.3. The van der Waals surface area contributed by atoms with Crippen LogP contribution in [-0.2, 0) is 16.6 Å². The monoisotopic (exact) mass is 347 g/mol. The fourth-order valence-corrected chi connectivity index (χ4v) is 3.73. The quantitative estimate of drug-likeness (QED) is 0.818. The van der Waals surface area contributed by atoms with Gasteiger partial charge in [0.15, 0.2) is 5.82 Å². The number of anilines is 1. The number of amides is 2. The number of carbonyl (C=O) groups excluding carboxylic acids is 2. The molecule has 2 aliphatic heterocycles. The molecule has 0 bridgehead atoms. The highest BCUT2D eigenvalue weighted by Gasteiger charge is 2.49. The molecule has 0 aliphatic carbocycles. The van der Waals surface area contributed by atoms with E-state index in [1.807, 2.05) is 36.2 Å². The van der Waals surface area contributed by atoms with Crippen molar-refractivity contribution in [1.29, 1.82) is 0 Å². The highest BCUT2D eigenvalue weighted by atomic mass is 16.2. The predicted molar refractivity (Wildman–Crippen MR) is 96.2 cm³/mol. The van der Waals surface area contributed by atoms with Gasteiger partial charge in [0.05, 0.1) is 12.0 Å². The second kappa shape index (κ2) is 6.78. The van der Waals surface area contributed by atoms with Crippen LogP contribution in [0.25, 0.3) is 0 Å². The van der Waals surface area contributed by atoms with Crippen molar-refractivity contribution in [1.82, 2.24) is 19.6 Å². The number of hydrogen-bond donors (Lipinski definition) is 0. The van der Waals surface area contributed by atoms with Crippen molar-refractivity contribution < 1.29 is 9.59 Å². The summed E-state index contributed by atoms with van der Waals surface area (Å²) < 4.78 is 1.72. The zero-order chi connectivity index (χ0) is 18.2. The molecular weight excluding hydrogens is 318 g/mol. The number of nitrogens with zero attached hydrogens (tertiary/aromatic N) is 5. The Morgan fingerprint density at radius 1 is 1.28 bits per heavy atom. The van der Waals surface area contributed by atoms with Gasteiger partial charge in [-0.3, -0.25) is 24.1 Å². The maximum atomic E-state index is 13.0. The smallest absolute Gasteiger partial charge is 0.236 e. The van der Waals surface area contributed by atoms with Gasteiger partial charge in [-0.1, -0.05) is 0 Å². The molecule has 7 nitrogen and oxygen atoms in total. The third-order valence-corrected chi connectivity index (χ3v) is 5.83. The first kappa shape index (κ1) is 17.9. The number of rotatable bonds is 4. The molecule has 0 N–H and O–H groups in total. The van der Waals surface area contributed by atoms with Crippen molar-refractivity contribution in [2.75, 3.05) is 38.1 Å². The van der Waals surface area contributed by atoms with Crippen LogP contribution in [0.5, 0.6) is 0 Å². The largest absolute Gasteiger partial charge is 0.342 e. The van der Waals surface area contributed by atoms with E-state index in [1.165, 1.54) is 0 Å². The summed E-state index contributed by atoms with van der Waals surface area (Å²) in [5.74, 6) is 1.08. The number of likely N-dealkylation sites (N-methyl/N-ethyl adjacent to an activating group) is 1. The molecule has 138 valence electrons. The van der Waals surface area contributed by atoms with Crippen LogP contribution in [0.3, 0.4) is 0 Å².